The molecule has 0 nitrogen and oxygen atoms in total. The third-order valence-corrected chi connectivity index (χ3v) is 3.26. The molecule has 17 heavy (non-hydrogen) atoms. The van der Waals surface area contributed by atoms with Crippen LogP contribution < -0.4 is 0 Å². The predicted molar refractivity (Wildman–Crippen MR) is 75.8 cm³/mol. The summed E-state index contributed by atoms with van der Waals surface area (Å²) in [5, 5.41) is 2.66. The summed E-state index contributed by atoms with van der Waals surface area (Å²) < 4.78 is 0. The Morgan fingerprint density at radius 3 is 1.76 bits per heavy atom. The van der Waals surface area contributed by atoms with Gasteiger partial charge in [0.15, 0.2) is 0 Å². The highest BCUT2D eigenvalue weighted by Crippen LogP contribution is 2.20. The van der Waals surface area contributed by atoms with Crippen LogP contribution in [0.2, 0.25) is 0 Å². The van der Waals surface area contributed by atoms with Gasteiger partial charge in [0, 0.05) is 0 Å². The molecule has 0 radical (unpaired) electrons. The molecule has 0 fully saturated rings. The molecule has 0 N–H and O–H groups in total. The second-order valence-corrected chi connectivity index (χ2v) is 4.45. The van der Waals surface area contributed by atoms with Crippen molar-refractivity contribution in [1.82, 2.24) is 0 Å². The van der Waals surface area contributed by atoms with Gasteiger partial charge in [0.05, 0.1) is 0 Å². The Morgan fingerprint density at radius 1 is 0.529 bits per heavy atom. The Labute approximate surface area is 103 Å². The van der Waals surface area contributed by atoms with Crippen LogP contribution in [0.1, 0.15) is 16.7 Å². The molecule has 0 bridgehead atoms. The molecule has 0 saturated carbocycles. The highest BCUT2D eigenvalue weighted by atomic mass is 14.0. The molecular weight excluding hydrogens is 204 g/mol. The van der Waals surface area contributed by atoms with Gasteiger partial charge >= 0.3 is 0 Å². The minimum Gasteiger partial charge on any atom is -0.0622 e. The van der Waals surface area contributed by atoms with Gasteiger partial charge in [-0.25, -0.2) is 0 Å². The summed E-state index contributed by atoms with van der Waals surface area (Å²) in [6.45, 7) is 6.52. The topological polar surface area (TPSA) is 0 Å². The number of hydrogen-bond donors (Lipinski definition) is 0. The van der Waals surface area contributed by atoms with Crippen LogP contribution in [0.25, 0.3) is 10.8 Å². The van der Waals surface area contributed by atoms with Crippen molar-refractivity contribution in [2.24, 2.45) is 0 Å². The highest BCUT2D eigenvalue weighted by Gasteiger charge is 1.97. The summed E-state index contributed by atoms with van der Waals surface area (Å²) in [7, 11) is 0. The fourth-order valence-corrected chi connectivity index (χ4v) is 2.05. The first-order chi connectivity index (χ1) is 8.20. The molecule has 2 aromatic carbocycles. The molecule has 0 atom stereocenters. The molecule has 0 amide bonds. The molecule has 0 heterocycles. The quantitative estimate of drug-likeness (QED) is 0.595. The smallest absolute Gasteiger partial charge is 0.0149 e. The first-order valence-corrected chi connectivity index (χ1v) is 5.99. The van der Waals surface area contributed by atoms with Crippen LogP contribution in [0, 0.1) is 20.8 Å². The average molecular weight is 222 g/mol. The van der Waals surface area contributed by atoms with Gasteiger partial charge in [-0.05, 0) is 48.2 Å². The molecular formula is C17H18. The Balaban J connectivity index is 3.01. The molecule has 0 aromatic heterocycles. The Kier molecular flexibility index (Phi) is 3.43. The van der Waals surface area contributed by atoms with E-state index in [4.69, 9.17) is 0 Å². The van der Waals surface area contributed by atoms with Crippen molar-refractivity contribution in [2.75, 3.05) is 0 Å². The van der Waals surface area contributed by atoms with E-state index in [-0.39, 0.29) is 0 Å². The van der Waals surface area contributed by atoms with E-state index in [9.17, 15) is 0 Å². The van der Waals surface area contributed by atoms with Crippen molar-refractivity contribution >= 4 is 10.8 Å². The lowest BCUT2D eigenvalue weighted by Crippen LogP contribution is -1.81. The second-order valence-electron chi connectivity index (χ2n) is 4.45. The zero-order valence-corrected chi connectivity index (χ0v) is 10.7. The maximum Gasteiger partial charge on any atom is -0.0149 e. The third-order valence-electron chi connectivity index (χ3n) is 3.26. The Hall–Kier alpha value is -1.82. The van der Waals surface area contributed by atoms with Gasteiger partial charge < -0.3 is 0 Å². The van der Waals surface area contributed by atoms with Crippen molar-refractivity contribution in [3.63, 3.8) is 0 Å². The zero-order valence-electron chi connectivity index (χ0n) is 10.7. The number of rotatable bonds is 0. The summed E-state index contributed by atoms with van der Waals surface area (Å²) in [5.41, 5.74) is 3.97. The number of hydrogen-bond acceptors (Lipinski definition) is 0. The van der Waals surface area contributed by atoms with Crippen LogP contribution in [0.3, 0.4) is 0 Å². The Morgan fingerprint density at radius 2 is 1.06 bits per heavy atom. The van der Waals surface area contributed by atoms with Crippen molar-refractivity contribution in [1.29, 1.82) is 0 Å². The van der Waals surface area contributed by atoms with Crippen LogP contribution in [-0.4, -0.2) is 0 Å². The maximum absolute atomic E-state index is 2.20. The fraction of sp³-hybridized carbons (Fsp3) is 0.176. The summed E-state index contributed by atoms with van der Waals surface area (Å²) in [6, 6.07) is 19.2. The maximum atomic E-state index is 2.20. The zero-order chi connectivity index (χ0) is 12.3. The van der Waals surface area contributed by atoms with E-state index in [0.717, 1.165) is 0 Å². The summed E-state index contributed by atoms with van der Waals surface area (Å²) in [6.07, 6.45) is 0. The van der Waals surface area contributed by atoms with Gasteiger partial charge in [-0.1, -0.05) is 54.6 Å². The van der Waals surface area contributed by atoms with Crippen LogP contribution in [0.4, 0.5) is 0 Å². The first-order valence-electron chi connectivity index (χ1n) is 5.99. The molecule has 86 valence electrons. The molecule has 2 aromatic rings. The van der Waals surface area contributed by atoms with Gasteiger partial charge in [0.1, 0.15) is 0 Å². The molecule has 0 aliphatic heterocycles. The SMILES string of the molecule is Cc1cccccc(C)c2ccccc2c1C. The summed E-state index contributed by atoms with van der Waals surface area (Å²) >= 11 is 0. The molecule has 0 heteroatoms. The molecule has 0 spiro atoms. The van der Waals surface area contributed by atoms with Crippen molar-refractivity contribution in [2.45, 2.75) is 20.8 Å². The minimum absolute atomic E-state index is 1.30. The van der Waals surface area contributed by atoms with Gasteiger partial charge in [-0.2, -0.15) is 0 Å². The van der Waals surface area contributed by atoms with E-state index in [2.05, 4.69) is 75.4 Å². The lowest BCUT2D eigenvalue weighted by atomic mass is 10.0. The number of aryl methyl sites for hydroxylation is 3. The van der Waals surface area contributed by atoms with Crippen LogP contribution in [-0.2, 0) is 0 Å². The van der Waals surface area contributed by atoms with Gasteiger partial charge in [0.2, 0.25) is 0 Å². The number of fused-ring (bicyclic) bond motifs is 1. The fourth-order valence-electron chi connectivity index (χ4n) is 2.05. The molecule has 0 saturated heterocycles. The Bertz CT molecular complexity index is 593. The van der Waals surface area contributed by atoms with Crippen molar-refractivity contribution in [3.8, 4) is 0 Å². The van der Waals surface area contributed by atoms with E-state index in [1.807, 2.05) is 0 Å². The van der Waals surface area contributed by atoms with Crippen LogP contribution in [0.15, 0.2) is 54.6 Å². The second kappa shape index (κ2) is 5.01. The van der Waals surface area contributed by atoms with E-state index in [0.29, 0.717) is 0 Å². The predicted octanol–water partition coefficient (Wildman–Crippen LogP) is 4.89. The van der Waals surface area contributed by atoms with Crippen molar-refractivity contribution < 1.29 is 0 Å². The lowest BCUT2D eigenvalue weighted by Gasteiger charge is -2.03. The highest BCUT2D eigenvalue weighted by molar-refractivity contribution is 5.87. The van der Waals surface area contributed by atoms with E-state index >= 15 is 0 Å². The summed E-state index contributed by atoms with van der Waals surface area (Å²) in [5.74, 6) is 0. The largest absolute Gasteiger partial charge is 0.0622 e. The minimum atomic E-state index is 1.30. The summed E-state index contributed by atoms with van der Waals surface area (Å²) in [4.78, 5) is 0. The van der Waals surface area contributed by atoms with E-state index < -0.39 is 0 Å². The molecule has 0 aliphatic rings. The van der Waals surface area contributed by atoms with Crippen LogP contribution >= 0.6 is 0 Å². The third kappa shape index (κ3) is 2.47. The van der Waals surface area contributed by atoms with E-state index in [1.54, 1.807) is 0 Å². The van der Waals surface area contributed by atoms with Gasteiger partial charge in [0.25, 0.3) is 0 Å². The van der Waals surface area contributed by atoms with Gasteiger partial charge in [-0.15, -0.1) is 0 Å². The normalized spacial score (nSPS) is 10.1. The molecule has 0 unspecified atom stereocenters. The van der Waals surface area contributed by atoms with E-state index in [1.165, 1.54) is 27.5 Å². The standard InChI is InChI=1S/C17H18/c1-13-9-5-4-6-10-14(2)16-11-7-8-12-17(16)15(13)3/h4-12H,1-3H3. The van der Waals surface area contributed by atoms with Crippen LogP contribution in [0.5, 0.6) is 0 Å². The first kappa shape index (κ1) is 11.7. The lowest BCUT2D eigenvalue weighted by molar-refractivity contribution is 1.38. The number of benzene rings is 1. The molecule has 0 aliphatic carbocycles. The molecule has 2 rings (SSSR count). The monoisotopic (exact) mass is 222 g/mol. The van der Waals surface area contributed by atoms with Crippen molar-refractivity contribution in [3.05, 3.63) is 71.3 Å². The van der Waals surface area contributed by atoms with Gasteiger partial charge in [-0.3, -0.25) is 0 Å². The average Bonchev–Trinajstić information content (AvgIpc) is 2.36.